The molecule has 2 unspecified atom stereocenters. The Bertz CT molecular complexity index is 864. The van der Waals surface area contributed by atoms with Crippen LogP contribution in [0.5, 0.6) is 0 Å². The second kappa shape index (κ2) is 6.20. The number of aryl methyl sites for hydroxylation is 1. The third kappa shape index (κ3) is 2.81. The number of pyridine rings is 1. The summed E-state index contributed by atoms with van der Waals surface area (Å²) in [6.45, 7) is 5.20. The fraction of sp³-hybridized carbons (Fsp3) is 0.529. The van der Waals surface area contributed by atoms with Crippen LogP contribution in [0.3, 0.4) is 0 Å². The largest absolute Gasteiger partial charge is 0.457 e. The highest BCUT2D eigenvalue weighted by molar-refractivity contribution is 7.98. The van der Waals surface area contributed by atoms with E-state index in [1.165, 1.54) is 18.7 Å². The maximum Gasteiger partial charge on any atom is 0.303 e. The highest BCUT2D eigenvalue weighted by atomic mass is 32.2. The van der Waals surface area contributed by atoms with E-state index in [1.54, 1.807) is 16.8 Å². The molecule has 2 heterocycles. The molecule has 3 rings (SSSR count). The van der Waals surface area contributed by atoms with Gasteiger partial charge in [-0.2, -0.15) is 0 Å². The monoisotopic (exact) mass is 347 g/mol. The first-order chi connectivity index (χ1) is 11.4. The number of carbonyl (C=O) groups excluding carboxylic acids is 1. The van der Waals surface area contributed by atoms with Crippen molar-refractivity contribution in [2.75, 3.05) is 6.26 Å². The van der Waals surface area contributed by atoms with Crippen LogP contribution in [0.1, 0.15) is 44.7 Å². The van der Waals surface area contributed by atoms with Gasteiger partial charge in [0.05, 0.1) is 6.04 Å². The molecule has 1 saturated carbocycles. The summed E-state index contributed by atoms with van der Waals surface area (Å²) in [7, 11) is 0. The van der Waals surface area contributed by atoms with Gasteiger partial charge >= 0.3 is 5.97 Å². The van der Waals surface area contributed by atoms with Gasteiger partial charge in [-0.1, -0.05) is 11.8 Å². The lowest BCUT2D eigenvalue weighted by Crippen LogP contribution is -2.40. The lowest BCUT2D eigenvalue weighted by atomic mass is 9.99. The Morgan fingerprint density at radius 1 is 1.50 bits per heavy atom. The summed E-state index contributed by atoms with van der Waals surface area (Å²) in [5, 5.41) is 1.47. The molecule has 2 aromatic rings. The van der Waals surface area contributed by atoms with E-state index in [0.717, 1.165) is 30.2 Å². The van der Waals surface area contributed by atoms with Crippen molar-refractivity contribution < 1.29 is 9.53 Å². The lowest BCUT2D eigenvalue weighted by Gasteiger charge is -2.32. The quantitative estimate of drug-likeness (QED) is 0.483. The first kappa shape index (κ1) is 17.0. The van der Waals surface area contributed by atoms with Crippen LogP contribution in [0.4, 0.5) is 0 Å². The average Bonchev–Trinajstić information content (AvgIpc) is 2.87. The number of rotatable bonds is 3. The van der Waals surface area contributed by atoms with Gasteiger partial charge in [-0.25, -0.2) is 9.97 Å². The third-order valence-electron chi connectivity index (χ3n) is 4.70. The van der Waals surface area contributed by atoms with E-state index in [0.29, 0.717) is 10.8 Å². The second-order valence-electron chi connectivity index (χ2n) is 6.44. The molecule has 128 valence electrons. The SMILES string of the molecule is CSc1ncc2c(C)cc(=O)n(C3CCCC3(C)OC(C)=O)c2n1. The predicted octanol–water partition coefficient (Wildman–Crippen LogP) is 2.87. The number of esters is 1. The number of hydrogen-bond acceptors (Lipinski definition) is 6. The maximum atomic E-state index is 12.8. The van der Waals surface area contributed by atoms with E-state index in [2.05, 4.69) is 9.97 Å². The summed E-state index contributed by atoms with van der Waals surface area (Å²) in [4.78, 5) is 33.2. The molecule has 1 fully saturated rings. The van der Waals surface area contributed by atoms with Crippen LogP contribution in [-0.2, 0) is 9.53 Å². The standard InChI is InChI=1S/C17H21N3O3S/c1-10-8-14(22)20(15-12(10)9-18-16(19-15)24-4)13-6-5-7-17(13,3)23-11(2)21/h8-9,13H,5-7H2,1-4H3. The van der Waals surface area contributed by atoms with Crippen molar-refractivity contribution in [2.24, 2.45) is 0 Å². The molecule has 1 aliphatic carbocycles. The minimum Gasteiger partial charge on any atom is -0.457 e. The minimum absolute atomic E-state index is 0.115. The Balaban J connectivity index is 2.25. The Kier molecular flexibility index (Phi) is 4.38. The average molecular weight is 347 g/mol. The Hall–Kier alpha value is -1.89. The van der Waals surface area contributed by atoms with Crippen molar-refractivity contribution in [3.63, 3.8) is 0 Å². The zero-order chi connectivity index (χ0) is 17.5. The topological polar surface area (TPSA) is 74.1 Å². The highest BCUT2D eigenvalue weighted by Crippen LogP contribution is 2.42. The predicted molar refractivity (Wildman–Crippen MR) is 93.4 cm³/mol. The number of aromatic nitrogens is 3. The third-order valence-corrected chi connectivity index (χ3v) is 5.27. The molecule has 0 radical (unpaired) electrons. The number of nitrogens with zero attached hydrogens (tertiary/aromatic N) is 3. The summed E-state index contributed by atoms with van der Waals surface area (Å²) in [6, 6.07) is 1.39. The number of hydrogen-bond donors (Lipinski definition) is 0. The molecule has 2 aromatic heterocycles. The number of fused-ring (bicyclic) bond motifs is 1. The van der Waals surface area contributed by atoms with Crippen LogP contribution >= 0.6 is 11.8 Å². The van der Waals surface area contributed by atoms with Gasteiger partial charge in [0.15, 0.2) is 5.16 Å². The summed E-state index contributed by atoms with van der Waals surface area (Å²) in [6.07, 6.45) is 6.08. The maximum absolute atomic E-state index is 12.8. The molecule has 0 bridgehead atoms. The van der Waals surface area contributed by atoms with E-state index in [-0.39, 0.29) is 17.6 Å². The molecule has 1 aliphatic rings. The van der Waals surface area contributed by atoms with Gasteiger partial charge in [-0.05, 0) is 44.9 Å². The van der Waals surface area contributed by atoms with Crippen LogP contribution in [-0.4, -0.2) is 32.4 Å². The van der Waals surface area contributed by atoms with Gasteiger partial charge in [0.25, 0.3) is 5.56 Å². The molecule has 2 atom stereocenters. The molecule has 24 heavy (non-hydrogen) atoms. The summed E-state index contributed by atoms with van der Waals surface area (Å²) < 4.78 is 7.30. The van der Waals surface area contributed by atoms with Gasteiger partial charge in [-0.3, -0.25) is 14.2 Å². The van der Waals surface area contributed by atoms with Crippen LogP contribution in [0.15, 0.2) is 22.2 Å². The Labute approximate surface area is 144 Å². The lowest BCUT2D eigenvalue weighted by molar-refractivity contribution is -0.158. The molecule has 6 nitrogen and oxygen atoms in total. The summed E-state index contributed by atoms with van der Waals surface area (Å²) in [5.74, 6) is -0.326. The zero-order valence-electron chi connectivity index (χ0n) is 14.3. The van der Waals surface area contributed by atoms with Crippen LogP contribution in [0, 0.1) is 6.92 Å². The van der Waals surface area contributed by atoms with Crippen molar-refractivity contribution in [2.45, 2.75) is 56.8 Å². The first-order valence-electron chi connectivity index (χ1n) is 7.98. The van der Waals surface area contributed by atoms with Crippen LogP contribution < -0.4 is 5.56 Å². The number of ether oxygens (including phenoxy) is 1. The van der Waals surface area contributed by atoms with Crippen LogP contribution in [0.2, 0.25) is 0 Å². The summed E-state index contributed by atoms with van der Waals surface area (Å²) >= 11 is 1.43. The van der Waals surface area contributed by atoms with E-state index >= 15 is 0 Å². The number of thioether (sulfide) groups is 1. The Morgan fingerprint density at radius 3 is 2.92 bits per heavy atom. The first-order valence-corrected chi connectivity index (χ1v) is 9.20. The van der Waals surface area contributed by atoms with Crippen molar-refractivity contribution in [3.8, 4) is 0 Å². The van der Waals surface area contributed by atoms with E-state index in [4.69, 9.17) is 4.74 Å². The molecule has 0 N–H and O–H groups in total. The Morgan fingerprint density at radius 2 is 2.25 bits per heavy atom. The normalized spacial score (nSPS) is 23.6. The van der Waals surface area contributed by atoms with E-state index in [9.17, 15) is 9.59 Å². The van der Waals surface area contributed by atoms with Gasteiger partial charge in [-0.15, -0.1) is 0 Å². The minimum atomic E-state index is -0.692. The summed E-state index contributed by atoms with van der Waals surface area (Å²) in [5.41, 5.74) is 0.661. The molecular formula is C17H21N3O3S. The van der Waals surface area contributed by atoms with E-state index < -0.39 is 5.60 Å². The van der Waals surface area contributed by atoms with Gasteiger partial charge < -0.3 is 4.74 Å². The highest BCUT2D eigenvalue weighted by Gasteiger charge is 2.44. The number of carbonyl (C=O) groups is 1. The molecule has 0 spiro atoms. The van der Waals surface area contributed by atoms with Crippen molar-refractivity contribution in [1.29, 1.82) is 0 Å². The van der Waals surface area contributed by atoms with Crippen molar-refractivity contribution in [3.05, 3.63) is 28.2 Å². The van der Waals surface area contributed by atoms with Crippen LogP contribution in [0.25, 0.3) is 11.0 Å². The fourth-order valence-corrected chi connectivity index (χ4v) is 3.96. The molecule has 7 heteroatoms. The van der Waals surface area contributed by atoms with Gasteiger partial charge in [0, 0.05) is 24.6 Å². The van der Waals surface area contributed by atoms with Gasteiger partial charge in [0.2, 0.25) is 0 Å². The molecule has 0 aromatic carbocycles. The second-order valence-corrected chi connectivity index (χ2v) is 7.22. The van der Waals surface area contributed by atoms with Crippen molar-refractivity contribution in [1.82, 2.24) is 14.5 Å². The zero-order valence-corrected chi connectivity index (χ0v) is 15.1. The molecule has 0 aliphatic heterocycles. The van der Waals surface area contributed by atoms with Crippen molar-refractivity contribution >= 4 is 28.8 Å². The van der Waals surface area contributed by atoms with E-state index in [1.807, 2.05) is 20.1 Å². The molecule has 0 saturated heterocycles. The smallest absolute Gasteiger partial charge is 0.303 e. The molecular weight excluding hydrogens is 326 g/mol. The molecule has 0 amide bonds. The van der Waals surface area contributed by atoms with Gasteiger partial charge in [0.1, 0.15) is 11.2 Å². The fourth-order valence-electron chi connectivity index (χ4n) is 3.62.